The maximum absolute atomic E-state index is 12.8. The Kier molecular flexibility index (Phi) is 2.72. The number of benzene rings is 1. The number of hydrogen-bond acceptors (Lipinski definition) is 4. The predicted octanol–water partition coefficient (Wildman–Crippen LogP) is 1.92. The summed E-state index contributed by atoms with van der Waals surface area (Å²) < 4.78 is 11.2. The lowest BCUT2D eigenvalue weighted by molar-refractivity contribution is -0.126. The average Bonchev–Trinajstić information content (AvgIpc) is 3.10. The van der Waals surface area contributed by atoms with Crippen LogP contribution in [0.3, 0.4) is 0 Å². The number of amides is 2. The fourth-order valence-corrected chi connectivity index (χ4v) is 3.77. The van der Waals surface area contributed by atoms with Crippen molar-refractivity contribution in [3.05, 3.63) is 36.4 Å². The Morgan fingerprint density at radius 2 is 1.95 bits per heavy atom. The number of fused-ring (bicyclic) bond motifs is 5. The predicted molar refractivity (Wildman–Crippen MR) is 79.5 cm³/mol. The fourth-order valence-electron chi connectivity index (χ4n) is 3.77. The van der Waals surface area contributed by atoms with Gasteiger partial charge < -0.3 is 9.47 Å². The van der Waals surface area contributed by atoms with Gasteiger partial charge in [-0.2, -0.15) is 0 Å². The third-order valence-corrected chi connectivity index (χ3v) is 4.74. The Morgan fingerprint density at radius 1 is 1.23 bits per heavy atom. The molecule has 0 N–H and O–H groups in total. The van der Waals surface area contributed by atoms with Crippen molar-refractivity contribution in [2.24, 2.45) is 11.8 Å². The molecule has 0 spiro atoms. The number of hydrogen-bond donors (Lipinski definition) is 0. The molecule has 4 atom stereocenters. The second kappa shape index (κ2) is 4.43. The lowest BCUT2D eigenvalue weighted by Gasteiger charge is -2.24. The first-order chi connectivity index (χ1) is 10.5. The highest BCUT2D eigenvalue weighted by Gasteiger charge is 2.65. The monoisotopic (exact) mass is 299 g/mol. The van der Waals surface area contributed by atoms with Crippen LogP contribution < -0.4 is 9.64 Å². The van der Waals surface area contributed by atoms with Crippen molar-refractivity contribution in [3.8, 4) is 5.75 Å². The van der Waals surface area contributed by atoms with Gasteiger partial charge in [0.25, 0.3) is 0 Å². The SMILES string of the molecule is CCOc1ccc(N2C(=O)[C@@H]3[C@@H](C2=O)[C@@]2(C)C=C[C@H]3O2)cc1. The van der Waals surface area contributed by atoms with Crippen LogP contribution in [0.15, 0.2) is 36.4 Å². The van der Waals surface area contributed by atoms with Gasteiger partial charge in [0, 0.05) is 0 Å². The number of imide groups is 1. The second-order valence-electron chi connectivity index (χ2n) is 6.07. The van der Waals surface area contributed by atoms with E-state index in [2.05, 4.69) is 0 Å². The molecule has 1 aromatic rings. The Bertz CT molecular complexity index is 680. The van der Waals surface area contributed by atoms with E-state index in [9.17, 15) is 9.59 Å². The smallest absolute Gasteiger partial charge is 0.241 e. The number of rotatable bonds is 3. The van der Waals surface area contributed by atoms with E-state index in [1.807, 2.05) is 26.0 Å². The molecule has 0 aromatic heterocycles. The lowest BCUT2D eigenvalue weighted by atomic mass is 9.78. The zero-order valence-electron chi connectivity index (χ0n) is 12.5. The molecule has 5 heteroatoms. The molecule has 2 saturated heterocycles. The Balaban J connectivity index is 1.67. The normalized spacial score (nSPS) is 35.4. The standard InChI is InChI=1S/C17H17NO4/c1-3-21-11-6-4-10(5-7-11)18-15(19)13-12-8-9-17(2,22-12)14(13)16(18)20/h4-9,12-14H,3H2,1-2H3/t12-,13+,14+,17-/m1/s1. The molecule has 0 aliphatic carbocycles. The van der Waals surface area contributed by atoms with Crippen LogP contribution in [-0.2, 0) is 14.3 Å². The molecule has 2 amide bonds. The van der Waals surface area contributed by atoms with Crippen molar-refractivity contribution in [1.29, 1.82) is 0 Å². The molecule has 3 heterocycles. The van der Waals surface area contributed by atoms with E-state index in [0.29, 0.717) is 12.3 Å². The molecule has 0 saturated carbocycles. The first-order valence-corrected chi connectivity index (χ1v) is 7.53. The van der Waals surface area contributed by atoms with Gasteiger partial charge in [0.2, 0.25) is 11.8 Å². The van der Waals surface area contributed by atoms with Gasteiger partial charge >= 0.3 is 0 Å². The fraction of sp³-hybridized carbons (Fsp3) is 0.412. The first-order valence-electron chi connectivity index (χ1n) is 7.53. The van der Waals surface area contributed by atoms with Gasteiger partial charge in [-0.25, -0.2) is 4.90 Å². The van der Waals surface area contributed by atoms with Crippen LogP contribution in [0.25, 0.3) is 0 Å². The summed E-state index contributed by atoms with van der Waals surface area (Å²) in [7, 11) is 0. The highest BCUT2D eigenvalue weighted by atomic mass is 16.5. The van der Waals surface area contributed by atoms with E-state index in [4.69, 9.17) is 9.47 Å². The summed E-state index contributed by atoms with van der Waals surface area (Å²) in [6.07, 6.45) is 3.53. The van der Waals surface area contributed by atoms with Crippen LogP contribution in [0.2, 0.25) is 0 Å². The van der Waals surface area contributed by atoms with E-state index in [0.717, 1.165) is 5.75 Å². The van der Waals surface area contributed by atoms with E-state index < -0.39 is 17.4 Å². The van der Waals surface area contributed by atoms with Crippen LogP contribution in [-0.4, -0.2) is 30.1 Å². The third-order valence-electron chi connectivity index (χ3n) is 4.74. The Labute approximate surface area is 128 Å². The molecule has 0 unspecified atom stereocenters. The summed E-state index contributed by atoms with van der Waals surface area (Å²) in [5.41, 5.74) is -0.0573. The number of nitrogens with zero attached hydrogens (tertiary/aromatic N) is 1. The summed E-state index contributed by atoms with van der Waals surface area (Å²) in [6, 6.07) is 7.05. The highest BCUT2D eigenvalue weighted by Crippen LogP contribution is 2.52. The van der Waals surface area contributed by atoms with Crippen molar-refractivity contribution in [2.45, 2.75) is 25.6 Å². The molecule has 0 radical (unpaired) electrons. The number of anilines is 1. The van der Waals surface area contributed by atoms with Crippen LogP contribution in [0.4, 0.5) is 5.69 Å². The van der Waals surface area contributed by atoms with Crippen molar-refractivity contribution in [2.75, 3.05) is 11.5 Å². The molecule has 2 bridgehead atoms. The summed E-state index contributed by atoms with van der Waals surface area (Å²) in [5, 5.41) is 0. The Morgan fingerprint density at radius 3 is 2.59 bits per heavy atom. The Hall–Kier alpha value is -2.14. The summed E-state index contributed by atoms with van der Waals surface area (Å²) >= 11 is 0. The van der Waals surface area contributed by atoms with Crippen LogP contribution in [0.1, 0.15) is 13.8 Å². The summed E-state index contributed by atoms with van der Waals surface area (Å²) in [5.74, 6) is -0.427. The average molecular weight is 299 g/mol. The molecule has 1 aromatic carbocycles. The van der Waals surface area contributed by atoms with Gasteiger partial charge in [0.15, 0.2) is 0 Å². The van der Waals surface area contributed by atoms with Gasteiger partial charge in [-0.1, -0.05) is 12.2 Å². The minimum absolute atomic E-state index is 0.169. The highest BCUT2D eigenvalue weighted by molar-refractivity contribution is 6.23. The third kappa shape index (κ3) is 1.63. The molecule has 22 heavy (non-hydrogen) atoms. The molecule has 2 fully saturated rings. The lowest BCUT2D eigenvalue weighted by Crippen LogP contribution is -2.38. The maximum Gasteiger partial charge on any atom is 0.241 e. The minimum atomic E-state index is -0.651. The molecule has 5 nitrogen and oxygen atoms in total. The van der Waals surface area contributed by atoms with E-state index >= 15 is 0 Å². The van der Waals surface area contributed by atoms with Crippen LogP contribution in [0.5, 0.6) is 5.75 Å². The molecule has 114 valence electrons. The molecular weight excluding hydrogens is 282 g/mol. The maximum atomic E-state index is 12.8. The van der Waals surface area contributed by atoms with Crippen molar-refractivity contribution in [1.82, 2.24) is 0 Å². The van der Waals surface area contributed by atoms with Gasteiger partial charge in [-0.3, -0.25) is 9.59 Å². The van der Waals surface area contributed by atoms with Crippen molar-refractivity contribution < 1.29 is 19.1 Å². The van der Waals surface area contributed by atoms with Gasteiger partial charge in [0.05, 0.1) is 35.8 Å². The van der Waals surface area contributed by atoms with Crippen LogP contribution >= 0.6 is 0 Å². The topological polar surface area (TPSA) is 55.8 Å². The molecule has 4 rings (SSSR count). The molecule has 3 aliphatic rings. The van der Waals surface area contributed by atoms with Gasteiger partial charge in [-0.15, -0.1) is 0 Å². The van der Waals surface area contributed by atoms with Crippen molar-refractivity contribution in [3.63, 3.8) is 0 Å². The number of carbonyl (C=O) groups is 2. The van der Waals surface area contributed by atoms with Crippen molar-refractivity contribution >= 4 is 17.5 Å². The second-order valence-corrected chi connectivity index (χ2v) is 6.07. The zero-order chi connectivity index (χ0) is 15.5. The van der Waals surface area contributed by atoms with Gasteiger partial charge in [-0.05, 0) is 38.1 Å². The summed E-state index contributed by atoms with van der Waals surface area (Å²) in [6.45, 7) is 4.36. The largest absolute Gasteiger partial charge is 0.494 e. The minimum Gasteiger partial charge on any atom is -0.494 e. The first kappa shape index (κ1) is 13.5. The van der Waals surface area contributed by atoms with E-state index in [1.165, 1.54) is 4.90 Å². The quantitative estimate of drug-likeness (QED) is 0.632. The molecule has 3 aliphatic heterocycles. The van der Waals surface area contributed by atoms with E-state index in [1.54, 1.807) is 24.3 Å². The van der Waals surface area contributed by atoms with E-state index in [-0.39, 0.29) is 17.9 Å². The summed E-state index contributed by atoms with van der Waals surface area (Å²) in [4.78, 5) is 26.8. The van der Waals surface area contributed by atoms with Gasteiger partial charge in [0.1, 0.15) is 5.75 Å². The molecular formula is C17H17NO4. The number of ether oxygens (including phenoxy) is 2. The number of carbonyl (C=O) groups excluding carboxylic acids is 2. The zero-order valence-corrected chi connectivity index (χ0v) is 12.5. The van der Waals surface area contributed by atoms with Crippen LogP contribution in [0, 0.1) is 11.8 Å².